The molecular formula is C41H86O9. The number of aliphatic carboxylic acids is 2. The first-order chi connectivity index (χ1) is 24.3. The highest BCUT2D eigenvalue weighted by Crippen LogP contribution is 2.15. The van der Waals surface area contributed by atoms with Crippen LogP contribution in [0.15, 0.2) is 0 Å². The molecule has 0 aliphatic heterocycles. The number of carbonyl (C=O) groups is 2. The number of aliphatic hydroxyl groups excluding tert-OH is 5. The molecule has 0 atom stereocenters. The Morgan fingerprint density at radius 2 is 0.540 bits per heavy atom. The van der Waals surface area contributed by atoms with E-state index in [-0.39, 0.29) is 26.4 Å². The van der Waals surface area contributed by atoms with Crippen LogP contribution in [0.4, 0.5) is 0 Å². The average Bonchev–Trinajstić information content (AvgIpc) is 3.11. The molecule has 0 amide bonds. The Hall–Kier alpha value is -1.26. The third kappa shape index (κ3) is 68.7. The molecule has 7 N–H and O–H groups in total. The Balaban J connectivity index is -0.000000332. The summed E-state index contributed by atoms with van der Waals surface area (Å²) in [7, 11) is 0. The largest absolute Gasteiger partial charge is 0.481 e. The van der Waals surface area contributed by atoms with Crippen LogP contribution in [-0.4, -0.2) is 80.2 Å². The minimum atomic E-state index is -0.954. The van der Waals surface area contributed by atoms with Crippen LogP contribution >= 0.6 is 0 Å². The van der Waals surface area contributed by atoms with Crippen molar-refractivity contribution in [3.8, 4) is 0 Å². The van der Waals surface area contributed by atoms with E-state index in [4.69, 9.17) is 35.7 Å². The van der Waals surface area contributed by atoms with Crippen LogP contribution in [0.1, 0.15) is 219 Å². The van der Waals surface area contributed by atoms with Gasteiger partial charge in [-0.15, -0.1) is 0 Å². The van der Waals surface area contributed by atoms with Gasteiger partial charge in [0, 0.05) is 12.8 Å². The summed E-state index contributed by atoms with van der Waals surface area (Å²) >= 11 is 0. The van der Waals surface area contributed by atoms with Crippen molar-refractivity contribution < 1.29 is 45.3 Å². The Labute approximate surface area is 308 Å². The van der Waals surface area contributed by atoms with Crippen molar-refractivity contribution in [3.05, 3.63) is 0 Å². The Kier molecular flexibility index (Phi) is 60.5. The number of unbranched alkanes of at least 4 members (excludes halogenated alkanes) is 28. The second-order valence-corrected chi connectivity index (χ2v) is 13.7. The number of hydrogen-bond donors (Lipinski definition) is 7. The van der Waals surface area contributed by atoms with Crippen molar-refractivity contribution in [1.82, 2.24) is 0 Å². The monoisotopic (exact) mass is 723 g/mol. The van der Waals surface area contributed by atoms with Gasteiger partial charge in [-0.1, -0.05) is 194 Å². The molecule has 9 heteroatoms. The average molecular weight is 723 g/mol. The third-order valence-corrected chi connectivity index (χ3v) is 8.51. The quantitative estimate of drug-likeness (QED) is 0.0314. The Morgan fingerprint density at radius 3 is 0.660 bits per heavy atom. The summed E-state index contributed by atoms with van der Waals surface area (Å²) in [4.78, 5) is 20.7. The van der Waals surface area contributed by atoms with Gasteiger partial charge in [-0.3, -0.25) is 9.59 Å². The van der Waals surface area contributed by atoms with Crippen LogP contribution in [0.3, 0.4) is 0 Å². The highest BCUT2D eigenvalue weighted by molar-refractivity contribution is 5.66. The van der Waals surface area contributed by atoms with E-state index in [1.807, 2.05) is 0 Å². The lowest BCUT2D eigenvalue weighted by molar-refractivity contribution is -0.138. The van der Waals surface area contributed by atoms with Crippen molar-refractivity contribution in [2.24, 2.45) is 0 Å². The van der Waals surface area contributed by atoms with E-state index in [1.54, 1.807) is 0 Å². The summed E-state index contributed by atoms with van der Waals surface area (Å²) in [5.41, 5.74) is 0. The zero-order chi connectivity index (χ0) is 38.2. The lowest BCUT2D eigenvalue weighted by Crippen LogP contribution is -2.15. The van der Waals surface area contributed by atoms with Crippen LogP contribution in [0.25, 0.3) is 0 Å². The van der Waals surface area contributed by atoms with E-state index in [0.717, 1.165) is 25.7 Å². The number of hydrogen-bond acceptors (Lipinski definition) is 7. The number of aliphatic hydroxyl groups is 5. The molecule has 0 aromatic carbocycles. The molecule has 0 aromatic heterocycles. The summed E-state index contributed by atoms with van der Waals surface area (Å²) < 4.78 is 0. The van der Waals surface area contributed by atoms with Crippen LogP contribution in [0, 0.1) is 0 Å². The Bertz CT molecular complexity index is 555. The van der Waals surface area contributed by atoms with Gasteiger partial charge in [-0.2, -0.15) is 0 Å². The fourth-order valence-corrected chi connectivity index (χ4v) is 5.35. The van der Waals surface area contributed by atoms with Gasteiger partial charge < -0.3 is 35.7 Å². The fourth-order valence-electron chi connectivity index (χ4n) is 5.35. The standard InChI is InChI=1S/2C18H36O2.C3H8O3.C2H6O2/c2*1-2-3-4-5-6-7-8-9-10-11-12-13-14-15-16-17-18(19)20;4-1-3(6)2-5;3-1-2-4/h2*2-17H2,1H3,(H,19,20);3-6H,1-2H2;3-4H,1-2H2. The smallest absolute Gasteiger partial charge is 0.303 e. The molecule has 0 heterocycles. The molecule has 0 radical (unpaired) electrons. The van der Waals surface area contributed by atoms with Gasteiger partial charge in [0.2, 0.25) is 0 Å². The second-order valence-electron chi connectivity index (χ2n) is 13.7. The lowest BCUT2D eigenvalue weighted by atomic mass is 10.0. The first-order valence-electron chi connectivity index (χ1n) is 20.8. The predicted octanol–water partition coefficient (Wildman–Crippen LogP) is 9.97. The molecule has 0 spiro atoms. The second kappa shape index (κ2) is 54.5. The van der Waals surface area contributed by atoms with Crippen molar-refractivity contribution in [1.29, 1.82) is 0 Å². The van der Waals surface area contributed by atoms with E-state index in [2.05, 4.69) is 13.8 Å². The third-order valence-electron chi connectivity index (χ3n) is 8.51. The van der Waals surface area contributed by atoms with Gasteiger partial charge in [0.25, 0.3) is 0 Å². The normalized spacial score (nSPS) is 10.5. The van der Waals surface area contributed by atoms with Crippen LogP contribution in [0.5, 0.6) is 0 Å². The van der Waals surface area contributed by atoms with E-state index in [9.17, 15) is 9.59 Å². The summed E-state index contributed by atoms with van der Waals surface area (Å²) in [6.45, 7) is 3.56. The summed E-state index contributed by atoms with van der Waals surface area (Å²) in [5, 5.41) is 56.3. The molecule has 0 fully saturated rings. The molecule has 50 heavy (non-hydrogen) atoms. The van der Waals surface area contributed by atoms with Gasteiger partial charge in [-0.05, 0) is 12.8 Å². The summed E-state index contributed by atoms with van der Waals surface area (Å²) in [6.07, 6.45) is 39.4. The SMILES string of the molecule is CCCCCCCCCCCCCCCCCC(=O)O.CCCCCCCCCCCCCCCCCC(=O)O.OCC(O)CO.OCCO. The molecule has 0 rings (SSSR count). The van der Waals surface area contributed by atoms with Crippen LogP contribution in [0.2, 0.25) is 0 Å². The molecule has 0 saturated heterocycles. The molecule has 0 aromatic rings. The zero-order valence-corrected chi connectivity index (χ0v) is 33.0. The molecular weight excluding hydrogens is 636 g/mol. The predicted molar refractivity (Wildman–Crippen MR) is 209 cm³/mol. The van der Waals surface area contributed by atoms with Crippen LogP contribution in [-0.2, 0) is 9.59 Å². The first-order valence-corrected chi connectivity index (χ1v) is 20.8. The van der Waals surface area contributed by atoms with Gasteiger partial charge >= 0.3 is 11.9 Å². The maximum Gasteiger partial charge on any atom is 0.303 e. The maximum atomic E-state index is 10.3. The zero-order valence-electron chi connectivity index (χ0n) is 33.0. The molecule has 0 aliphatic carbocycles. The fraction of sp³-hybridized carbons (Fsp3) is 0.951. The minimum absolute atomic E-state index is 0.125. The van der Waals surface area contributed by atoms with Crippen molar-refractivity contribution in [3.63, 3.8) is 0 Å². The minimum Gasteiger partial charge on any atom is -0.481 e. The van der Waals surface area contributed by atoms with Gasteiger partial charge in [0.05, 0.1) is 26.4 Å². The first kappa shape index (κ1) is 55.5. The highest BCUT2D eigenvalue weighted by Gasteiger charge is 1.99. The summed E-state index contributed by atoms with van der Waals surface area (Å²) in [5.74, 6) is -1.31. The molecule has 304 valence electrons. The maximum absolute atomic E-state index is 10.3. The van der Waals surface area contributed by atoms with E-state index < -0.39 is 18.0 Å². The number of rotatable bonds is 35. The van der Waals surface area contributed by atoms with Gasteiger partial charge in [0.1, 0.15) is 6.10 Å². The number of carboxylic acids is 2. The van der Waals surface area contributed by atoms with Gasteiger partial charge in [0.15, 0.2) is 0 Å². The van der Waals surface area contributed by atoms with Gasteiger partial charge in [-0.25, -0.2) is 0 Å². The molecule has 9 nitrogen and oxygen atoms in total. The number of carboxylic acid groups (broad SMARTS) is 2. The highest BCUT2D eigenvalue weighted by atomic mass is 16.4. The van der Waals surface area contributed by atoms with E-state index in [1.165, 1.54) is 167 Å². The van der Waals surface area contributed by atoms with Crippen LogP contribution < -0.4 is 0 Å². The van der Waals surface area contributed by atoms with Crippen molar-refractivity contribution in [2.75, 3.05) is 26.4 Å². The van der Waals surface area contributed by atoms with E-state index >= 15 is 0 Å². The lowest BCUT2D eigenvalue weighted by Gasteiger charge is -2.03. The molecule has 0 unspecified atom stereocenters. The molecule has 0 saturated carbocycles. The van der Waals surface area contributed by atoms with Crippen molar-refractivity contribution in [2.45, 2.75) is 225 Å². The van der Waals surface area contributed by atoms with E-state index in [0.29, 0.717) is 12.8 Å². The Morgan fingerprint density at radius 1 is 0.360 bits per heavy atom. The molecule has 0 aliphatic rings. The topological polar surface area (TPSA) is 176 Å². The summed E-state index contributed by atoms with van der Waals surface area (Å²) in [6, 6.07) is 0. The van der Waals surface area contributed by atoms with Crippen molar-refractivity contribution >= 4 is 11.9 Å². The molecule has 0 bridgehead atoms.